The molecule has 26 heavy (non-hydrogen) atoms. The van der Waals surface area contributed by atoms with Gasteiger partial charge in [-0.05, 0) is 74.7 Å². The lowest BCUT2D eigenvalue weighted by Gasteiger charge is -2.29. The van der Waals surface area contributed by atoms with Crippen LogP contribution < -0.4 is 15.0 Å². The van der Waals surface area contributed by atoms with E-state index in [9.17, 15) is 9.59 Å². The zero-order chi connectivity index (χ0) is 18.7. The average Bonchev–Trinajstić information content (AvgIpc) is 2.61. The highest BCUT2D eigenvalue weighted by atomic mass is 16.5. The first-order chi connectivity index (χ1) is 12.4. The van der Waals surface area contributed by atoms with Crippen LogP contribution in [0.15, 0.2) is 42.5 Å². The van der Waals surface area contributed by atoms with E-state index < -0.39 is 0 Å². The molecule has 0 radical (unpaired) electrons. The van der Waals surface area contributed by atoms with E-state index in [1.54, 1.807) is 36.1 Å². The highest BCUT2D eigenvalue weighted by Gasteiger charge is 2.20. The molecule has 0 fully saturated rings. The first-order valence-corrected chi connectivity index (χ1v) is 8.93. The van der Waals surface area contributed by atoms with E-state index in [4.69, 9.17) is 4.74 Å². The van der Waals surface area contributed by atoms with Crippen LogP contribution in [0.25, 0.3) is 0 Å². The molecule has 1 aliphatic rings. The molecule has 2 aromatic rings. The Labute approximate surface area is 154 Å². The van der Waals surface area contributed by atoms with E-state index in [0.717, 1.165) is 42.1 Å². The minimum atomic E-state index is -0.166. The molecular formula is C21H24N2O3. The average molecular weight is 352 g/mol. The van der Waals surface area contributed by atoms with Crippen LogP contribution in [-0.2, 0) is 11.2 Å². The molecule has 0 aromatic heterocycles. The van der Waals surface area contributed by atoms with Gasteiger partial charge in [0.2, 0.25) is 5.91 Å². The molecule has 1 N–H and O–H groups in total. The summed E-state index contributed by atoms with van der Waals surface area (Å²) in [6.45, 7) is 6.25. The number of ether oxygens (including phenoxy) is 1. The highest BCUT2D eigenvalue weighted by molar-refractivity contribution is 6.04. The topological polar surface area (TPSA) is 58.6 Å². The summed E-state index contributed by atoms with van der Waals surface area (Å²) in [7, 11) is 0. The van der Waals surface area contributed by atoms with Crippen molar-refractivity contribution in [3.05, 3.63) is 53.6 Å². The summed E-state index contributed by atoms with van der Waals surface area (Å²) in [5, 5.41) is 2.93. The maximum absolute atomic E-state index is 12.5. The monoisotopic (exact) mass is 352 g/mol. The number of fused-ring (bicyclic) bond motifs is 1. The Hall–Kier alpha value is -2.82. The van der Waals surface area contributed by atoms with Crippen LogP contribution in [0, 0.1) is 0 Å². The Balaban J connectivity index is 1.73. The number of amides is 2. The summed E-state index contributed by atoms with van der Waals surface area (Å²) >= 11 is 0. The number of anilines is 2. The second kappa shape index (κ2) is 7.60. The molecule has 1 aliphatic heterocycles. The van der Waals surface area contributed by atoms with Gasteiger partial charge in [-0.3, -0.25) is 9.59 Å². The maximum Gasteiger partial charge on any atom is 0.255 e. The van der Waals surface area contributed by atoms with Crippen LogP contribution in [0.5, 0.6) is 5.75 Å². The fraction of sp³-hybridized carbons (Fsp3) is 0.333. The second-order valence-electron chi connectivity index (χ2n) is 6.76. The number of hydrogen-bond acceptors (Lipinski definition) is 3. The summed E-state index contributed by atoms with van der Waals surface area (Å²) < 4.78 is 5.59. The largest absolute Gasteiger partial charge is 0.491 e. The Morgan fingerprint density at radius 3 is 2.50 bits per heavy atom. The fourth-order valence-corrected chi connectivity index (χ4v) is 3.16. The lowest BCUT2D eigenvalue weighted by atomic mass is 10.0. The maximum atomic E-state index is 12.5. The van der Waals surface area contributed by atoms with E-state index in [0.29, 0.717) is 5.56 Å². The molecule has 0 atom stereocenters. The fourth-order valence-electron chi connectivity index (χ4n) is 3.16. The van der Waals surface area contributed by atoms with Crippen LogP contribution in [0.3, 0.4) is 0 Å². The highest BCUT2D eigenvalue weighted by Crippen LogP contribution is 2.30. The molecule has 3 rings (SSSR count). The molecule has 0 saturated carbocycles. The minimum Gasteiger partial charge on any atom is -0.491 e. The van der Waals surface area contributed by atoms with Gasteiger partial charge in [0.25, 0.3) is 5.91 Å². The van der Waals surface area contributed by atoms with E-state index >= 15 is 0 Å². The lowest BCUT2D eigenvalue weighted by molar-refractivity contribution is -0.116. The van der Waals surface area contributed by atoms with Crippen LogP contribution >= 0.6 is 0 Å². The number of nitrogens with one attached hydrogen (secondary N) is 1. The number of nitrogens with zero attached hydrogens (tertiary/aromatic N) is 1. The van der Waals surface area contributed by atoms with Crippen molar-refractivity contribution < 1.29 is 14.3 Å². The number of hydrogen-bond donors (Lipinski definition) is 1. The predicted octanol–water partition coefficient (Wildman–Crippen LogP) is 4.03. The number of rotatable bonds is 4. The van der Waals surface area contributed by atoms with Crippen molar-refractivity contribution in [3.63, 3.8) is 0 Å². The predicted molar refractivity (Wildman–Crippen MR) is 103 cm³/mol. The first-order valence-electron chi connectivity index (χ1n) is 8.93. The van der Waals surface area contributed by atoms with E-state index in [1.807, 2.05) is 32.0 Å². The van der Waals surface area contributed by atoms with E-state index in [2.05, 4.69) is 5.32 Å². The van der Waals surface area contributed by atoms with Crippen molar-refractivity contribution in [2.24, 2.45) is 0 Å². The molecule has 0 bridgehead atoms. The van der Waals surface area contributed by atoms with Gasteiger partial charge in [-0.1, -0.05) is 0 Å². The Morgan fingerprint density at radius 2 is 1.85 bits per heavy atom. The van der Waals surface area contributed by atoms with Crippen molar-refractivity contribution in [3.8, 4) is 5.75 Å². The molecule has 1 heterocycles. The third-order valence-corrected chi connectivity index (χ3v) is 4.32. The number of benzene rings is 2. The van der Waals surface area contributed by atoms with E-state index in [-0.39, 0.29) is 17.9 Å². The first kappa shape index (κ1) is 18.0. The number of aryl methyl sites for hydroxylation is 1. The van der Waals surface area contributed by atoms with Crippen molar-refractivity contribution in [2.75, 3.05) is 16.8 Å². The third-order valence-electron chi connectivity index (χ3n) is 4.32. The van der Waals surface area contributed by atoms with Crippen LogP contribution in [-0.4, -0.2) is 24.5 Å². The molecule has 5 nitrogen and oxygen atoms in total. The van der Waals surface area contributed by atoms with Crippen molar-refractivity contribution in [1.29, 1.82) is 0 Å². The second-order valence-corrected chi connectivity index (χ2v) is 6.76. The molecular weight excluding hydrogens is 328 g/mol. The standard InChI is InChI=1S/C21H24N2O3/c1-14(2)26-19-9-6-16(7-10-19)21(25)22-18-8-11-20-17(13-18)5-4-12-23(20)15(3)24/h6-11,13-14H,4-5,12H2,1-3H3,(H,22,25). The van der Waals surface area contributed by atoms with Gasteiger partial charge in [0.1, 0.15) is 5.75 Å². The van der Waals surface area contributed by atoms with Crippen LogP contribution in [0.1, 0.15) is 43.1 Å². The summed E-state index contributed by atoms with van der Waals surface area (Å²) in [5.74, 6) is 0.626. The summed E-state index contributed by atoms with van der Waals surface area (Å²) in [6.07, 6.45) is 1.94. The summed E-state index contributed by atoms with van der Waals surface area (Å²) in [5.41, 5.74) is 3.34. The zero-order valence-electron chi connectivity index (χ0n) is 15.4. The molecule has 0 saturated heterocycles. The molecule has 2 aromatic carbocycles. The van der Waals surface area contributed by atoms with E-state index in [1.165, 1.54) is 0 Å². The van der Waals surface area contributed by atoms with Crippen molar-refractivity contribution in [2.45, 2.75) is 39.7 Å². The number of carbonyl (C=O) groups is 2. The summed E-state index contributed by atoms with van der Waals surface area (Å²) in [6, 6.07) is 12.8. The van der Waals surface area contributed by atoms with Gasteiger partial charge < -0.3 is 15.0 Å². The third kappa shape index (κ3) is 4.04. The van der Waals surface area contributed by atoms with Gasteiger partial charge >= 0.3 is 0 Å². The van der Waals surface area contributed by atoms with Gasteiger partial charge in [-0.2, -0.15) is 0 Å². The summed E-state index contributed by atoms with van der Waals surface area (Å²) in [4.78, 5) is 26.0. The Kier molecular flexibility index (Phi) is 5.26. The smallest absolute Gasteiger partial charge is 0.255 e. The molecule has 5 heteroatoms. The van der Waals surface area contributed by atoms with Gasteiger partial charge in [-0.25, -0.2) is 0 Å². The van der Waals surface area contributed by atoms with Gasteiger partial charge in [0, 0.05) is 30.4 Å². The Morgan fingerprint density at radius 1 is 1.12 bits per heavy atom. The Bertz CT molecular complexity index is 813. The van der Waals surface area contributed by atoms with Crippen LogP contribution in [0.2, 0.25) is 0 Å². The zero-order valence-corrected chi connectivity index (χ0v) is 15.4. The normalized spacial score (nSPS) is 13.3. The molecule has 136 valence electrons. The van der Waals surface area contributed by atoms with Crippen molar-refractivity contribution in [1.82, 2.24) is 0 Å². The SMILES string of the molecule is CC(=O)N1CCCc2cc(NC(=O)c3ccc(OC(C)C)cc3)ccc21. The number of carbonyl (C=O) groups excluding carboxylic acids is 2. The van der Waals surface area contributed by atoms with Crippen LogP contribution in [0.4, 0.5) is 11.4 Å². The van der Waals surface area contributed by atoms with Gasteiger partial charge in [-0.15, -0.1) is 0 Å². The van der Waals surface area contributed by atoms with Gasteiger partial charge in [0.15, 0.2) is 0 Å². The van der Waals surface area contributed by atoms with Crippen molar-refractivity contribution >= 4 is 23.2 Å². The lowest BCUT2D eigenvalue weighted by Crippen LogP contribution is -2.33. The molecule has 2 amide bonds. The van der Waals surface area contributed by atoms with Gasteiger partial charge in [0.05, 0.1) is 6.10 Å². The quantitative estimate of drug-likeness (QED) is 0.904. The molecule has 0 spiro atoms. The molecule has 0 unspecified atom stereocenters. The minimum absolute atomic E-state index is 0.0476. The molecule has 0 aliphatic carbocycles.